The van der Waals surface area contributed by atoms with Gasteiger partial charge in [-0.1, -0.05) is 6.07 Å². The van der Waals surface area contributed by atoms with Gasteiger partial charge in [-0.15, -0.1) is 10.2 Å². The van der Waals surface area contributed by atoms with E-state index in [2.05, 4.69) is 15.5 Å². The highest BCUT2D eigenvalue weighted by molar-refractivity contribution is 5.98. The zero-order valence-corrected chi connectivity index (χ0v) is 10.3. The van der Waals surface area contributed by atoms with Crippen molar-refractivity contribution in [3.8, 4) is 11.5 Å². The van der Waals surface area contributed by atoms with Crippen LogP contribution in [-0.2, 0) is 9.59 Å². The molecular weight excluding hydrogens is 262 g/mol. The van der Waals surface area contributed by atoms with Gasteiger partial charge >= 0.3 is 5.97 Å². The lowest BCUT2D eigenvalue weighted by Crippen LogP contribution is -2.16. The summed E-state index contributed by atoms with van der Waals surface area (Å²) in [6, 6.07) is 6.94. The third kappa shape index (κ3) is 2.37. The lowest BCUT2D eigenvalue weighted by molar-refractivity contribution is -0.139. The van der Waals surface area contributed by atoms with Crippen LogP contribution in [0.15, 0.2) is 35.1 Å². The van der Waals surface area contributed by atoms with Crippen LogP contribution < -0.4 is 5.32 Å². The number of nitrogens with zero attached hydrogens (tertiary/aromatic N) is 2. The maximum atomic E-state index is 11.9. The first kappa shape index (κ1) is 12.3. The van der Waals surface area contributed by atoms with Gasteiger partial charge in [0, 0.05) is 11.3 Å². The fourth-order valence-electron chi connectivity index (χ4n) is 2.02. The van der Waals surface area contributed by atoms with E-state index in [9.17, 15) is 9.59 Å². The van der Waals surface area contributed by atoms with E-state index in [4.69, 9.17) is 9.52 Å². The molecule has 0 radical (unpaired) electrons. The van der Waals surface area contributed by atoms with E-state index in [1.165, 1.54) is 6.39 Å². The first-order valence-electron chi connectivity index (χ1n) is 6.05. The van der Waals surface area contributed by atoms with E-state index in [1.807, 2.05) is 0 Å². The second-order valence-electron chi connectivity index (χ2n) is 4.60. The van der Waals surface area contributed by atoms with Gasteiger partial charge in [-0.2, -0.15) is 0 Å². The average Bonchev–Trinajstić information content (AvgIpc) is 3.06. The number of rotatable bonds is 4. The number of nitrogens with one attached hydrogen (secondary N) is 1. The first-order chi connectivity index (χ1) is 9.65. The number of carbonyl (C=O) groups is 2. The number of aliphatic carboxylic acids is 1. The Morgan fingerprint density at radius 2 is 2.20 bits per heavy atom. The zero-order chi connectivity index (χ0) is 14.1. The summed E-state index contributed by atoms with van der Waals surface area (Å²) in [5.74, 6) is -1.85. The van der Waals surface area contributed by atoms with Gasteiger partial charge in [0.2, 0.25) is 18.2 Å². The van der Waals surface area contributed by atoms with Crippen LogP contribution in [0.1, 0.15) is 6.42 Å². The lowest BCUT2D eigenvalue weighted by atomic mass is 10.2. The summed E-state index contributed by atoms with van der Waals surface area (Å²) in [4.78, 5) is 22.6. The molecule has 20 heavy (non-hydrogen) atoms. The van der Waals surface area contributed by atoms with E-state index < -0.39 is 17.8 Å². The summed E-state index contributed by atoms with van der Waals surface area (Å²) in [6.45, 7) is 0. The summed E-state index contributed by atoms with van der Waals surface area (Å²) < 4.78 is 5.08. The Bertz CT molecular complexity index is 653. The number of hydrogen-bond acceptors (Lipinski definition) is 5. The van der Waals surface area contributed by atoms with Gasteiger partial charge in [0.25, 0.3) is 0 Å². The summed E-state index contributed by atoms with van der Waals surface area (Å²) in [5.41, 5.74) is 1.26. The third-order valence-corrected chi connectivity index (χ3v) is 3.18. The minimum Gasteiger partial charge on any atom is -0.481 e. The van der Waals surface area contributed by atoms with Crippen molar-refractivity contribution in [1.82, 2.24) is 10.2 Å². The molecule has 1 amide bonds. The molecule has 1 aromatic heterocycles. The van der Waals surface area contributed by atoms with Crippen LogP contribution in [0.5, 0.6) is 0 Å². The standard InChI is InChI=1S/C13H11N3O4/c17-11(9-5-10(9)13(18)19)15-8-3-1-2-7(4-8)12-16-14-6-20-12/h1-4,6,9-10H,5H2,(H,15,17)(H,18,19). The topological polar surface area (TPSA) is 105 Å². The van der Waals surface area contributed by atoms with Gasteiger partial charge < -0.3 is 14.8 Å². The van der Waals surface area contributed by atoms with E-state index in [-0.39, 0.29) is 5.91 Å². The number of benzene rings is 1. The Balaban J connectivity index is 1.71. The number of carbonyl (C=O) groups excluding carboxylic acids is 1. The quantitative estimate of drug-likeness (QED) is 0.872. The molecule has 2 aromatic rings. The normalized spacial score (nSPS) is 20.4. The molecule has 0 saturated heterocycles. The highest BCUT2D eigenvalue weighted by Crippen LogP contribution is 2.39. The van der Waals surface area contributed by atoms with Crippen molar-refractivity contribution in [3.05, 3.63) is 30.7 Å². The Morgan fingerprint density at radius 1 is 1.35 bits per heavy atom. The van der Waals surface area contributed by atoms with E-state index in [0.29, 0.717) is 23.6 Å². The molecule has 0 bridgehead atoms. The summed E-state index contributed by atoms with van der Waals surface area (Å²) in [6.07, 6.45) is 1.62. The highest BCUT2D eigenvalue weighted by atomic mass is 16.4. The van der Waals surface area contributed by atoms with E-state index >= 15 is 0 Å². The predicted octanol–water partition coefficient (Wildman–Crippen LogP) is 1.40. The Labute approximate surface area is 113 Å². The average molecular weight is 273 g/mol. The van der Waals surface area contributed by atoms with Gasteiger partial charge in [0.1, 0.15) is 0 Å². The summed E-state index contributed by atoms with van der Waals surface area (Å²) in [5, 5.41) is 18.9. The molecule has 1 saturated carbocycles. The largest absolute Gasteiger partial charge is 0.481 e. The minimum atomic E-state index is -0.926. The fourth-order valence-corrected chi connectivity index (χ4v) is 2.02. The van der Waals surface area contributed by atoms with Crippen molar-refractivity contribution in [1.29, 1.82) is 0 Å². The van der Waals surface area contributed by atoms with Crippen molar-refractivity contribution >= 4 is 17.6 Å². The van der Waals surface area contributed by atoms with Crippen molar-refractivity contribution < 1.29 is 19.1 Å². The van der Waals surface area contributed by atoms with E-state index in [1.54, 1.807) is 24.3 Å². The molecule has 1 aromatic carbocycles. The number of carboxylic acid groups (broad SMARTS) is 1. The van der Waals surface area contributed by atoms with Gasteiger partial charge in [-0.3, -0.25) is 9.59 Å². The van der Waals surface area contributed by atoms with Crippen LogP contribution in [-0.4, -0.2) is 27.2 Å². The molecule has 102 valence electrons. The summed E-state index contributed by atoms with van der Waals surface area (Å²) >= 11 is 0. The molecular formula is C13H11N3O4. The Morgan fingerprint density at radius 3 is 2.85 bits per heavy atom. The smallest absolute Gasteiger partial charge is 0.307 e. The zero-order valence-electron chi connectivity index (χ0n) is 10.3. The molecule has 2 atom stereocenters. The number of carboxylic acids is 1. The predicted molar refractivity (Wildman–Crippen MR) is 67.6 cm³/mol. The van der Waals surface area contributed by atoms with Gasteiger partial charge in [0.05, 0.1) is 11.8 Å². The third-order valence-electron chi connectivity index (χ3n) is 3.18. The van der Waals surface area contributed by atoms with Gasteiger partial charge in [-0.25, -0.2) is 0 Å². The fraction of sp³-hybridized carbons (Fsp3) is 0.231. The van der Waals surface area contributed by atoms with Gasteiger partial charge in [0.15, 0.2) is 0 Å². The molecule has 1 aliphatic carbocycles. The molecule has 0 spiro atoms. The second kappa shape index (κ2) is 4.76. The van der Waals surface area contributed by atoms with Crippen LogP contribution in [0.3, 0.4) is 0 Å². The highest BCUT2D eigenvalue weighted by Gasteiger charge is 2.48. The number of aromatic nitrogens is 2. The SMILES string of the molecule is O=C(O)C1CC1C(=O)Nc1cccc(-c2nnco2)c1. The maximum Gasteiger partial charge on any atom is 0.307 e. The van der Waals surface area contributed by atoms with Crippen LogP contribution in [0, 0.1) is 11.8 Å². The van der Waals surface area contributed by atoms with Crippen molar-refractivity contribution in [3.63, 3.8) is 0 Å². The van der Waals surface area contributed by atoms with E-state index in [0.717, 1.165) is 0 Å². The molecule has 2 unspecified atom stereocenters. The second-order valence-corrected chi connectivity index (χ2v) is 4.60. The molecule has 3 rings (SSSR count). The molecule has 0 aliphatic heterocycles. The molecule has 1 heterocycles. The Kier molecular flexibility index (Phi) is 2.94. The minimum absolute atomic E-state index is 0.278. The van der Waals surface area contributed by atoms with Crippen molar-refractivity contribution in [2.45, 2.75) is 6.42 Å². The molecule has 1 aliphatic rings. The van der Waals surface area contributed by atoms with Crippen molar-refractivity contribution in [2.24, 2.45) is 11.8 Å². The van der Waals surface area contributed by atoms with Crippen LogP contribution >= 0.6 is 0 Å². The number of anilines is 1. The van der Waals surface area contributed by atoms with Crippen LogP contribution in [0.4, 0.5) is 5.69 Å². The van der Waals surface area contributed by atoms with Gasteiger partial charge in [-0.05, 0) is 24.6 Å². The molecule has 2 N–H and O–H groups in total. The van der Waals surface area contributed by atoms with Crippen LogP contribution in [0.25, 0.3) is 11.5 Å². The number of hydrogen-bond donors (Lipinski definition) is 2. The van der Waals surface area contributed by atoms with Crippen molar-refractivity contribution in [2.75, 3.05) is 5.32 Å². The number of amides is 1. The summed E-state index contributed by atoms with van der Waals surface area (Å²) in [7, 11) is 0. The molecule has 7 heteroatoms. The Hall–Kier alpha value is -2.70. The van der Waals surface area contributed by atoms with Crippen LogP contribution in [0.2, 0.25) is 0 Å². The molecule has 7 nitrogen and oxygen atoms in total. The molecule has 1 fully saturated rings. The lowest BCUT2D eigenvalue weighted by Gasteiger charge is -2.05. The maximum absolute atomic E-state index is 11.9. The monoisotopic (exact) mass is 273 g/mol. The first-order valence-corrected chi connectivity index (χ1v) is 6.05.